The molecule has 0 spiro atoms. The lowest BCUT2D eigenvalue weighted by atomic mass is 9.80. The molecule has 1 aliphatic rings. The quantitative estimate of drug-likeness (QED) is 0.850. The van der Waals surface area contributed by atoms with Gasteiger partial charge in [0, 0.05) is 11.0 Å². The average Bonchev–Trinajstić information content (AvgIpc) is 2.33. The molecule has 1 aliphatic heterocycles. The smallest absolute Gasteiger partial charge is 0.449 e. The molecule has 1 fully saturated rings. The molecule has 0 bridgehead atoms. The Morgan fingerprint density at radius 3 is 2.67 bits per heavy atom. The van der Waals surface area contributed by atoms with Crippen molar-refractivity contribution < 1.29 is 31.8 Å². The summed E-state index contributed by atoms with van der Waals surface area (Å²) in [6, 6.07) is 1.85. The molecule has 1 aromatic rings. The van der Waals surface area contributed by atoms with E-state index in [1.54, 1.807) is 13.8 Å². The first-order chi connectivity index (χ1) is 9.58. The molecule has 1 aromatic carbocycles. The first-order valence-electron chi connectivity index (χ1n) is 6.07. The Balaban J connectivity index is 2.37. The molecule has 21 heavy (non-hydrogen) atoms. The number of rotatable bonds is 2. The van der Waals surface area contributed by atoms with Gasteiger partial charge in [0.2, 0.25) is 0 Å². The molecule has 0 aliphatic carbocycles. The van der Waals surface area contributed by atoms with Crippen LogP contribution in [0.15, 0.2) is 18.2 Å². The second-order valence-corrected chi connectivity index (χ2v) is 5.37. The van der Waals surface area contributed by atoms with Gasteiger partial charge in [-0.25, -0.2) is 9.18 Å². The van der Waals surface area contributed by atoms with Gasteiger partial charge in [-0.2, -0.15) is 0 Å². The van der Waals surface area contributed by atoms with Gasteiger partial charge >= 0.3 is 12.5 Å². The molecule has 1 N–H and O–H groups in total. The summed E-state index contributed by atoms with van der Waals surface area (Å²) in [6.07, 6.45) is -5.62. The van der Waals surface area contributed by atoms with Crippen molar-refractivity contribution in [3.63, 3.8) is 0 Å². The number of benzene rings is 1. The maximum Gasteiger partial charge on any atom is 0.573 e. The average molecular weight is 307 g/mol. The van der Waals surface area contributed by atoms with Crippen LogP contribution in [0.3, 0.4) is 0 Å². The third kappa shape index (κ3) is 3.56. The summed E-state index contributed by atoms with van der Waals surface area (Å²) < 4.78 is 59.2. The van der Waals surface area contributed by atoms with Crippen LogP contribution < -0.4 is 10.1 Å². The van der Waals surface area contributed by atoms with Crippen LogP contribution in [-0.4, -0.2) is 19.1 Å². The largest absolute Gasteiger partial charge is 0.573 e. The highest BCUT2D eigenvalue weighted by molar-refractivity contribution is 5.69. The van der Waals surface area contributed by atoms with Crippen LogP contribution in [0.5, 0.6) is 5.75 Å². The van der Waals surface area contributed by atoms with Crippen molar-refractivity contribution in [1.82, 2.24) is 5.32 Å². The van der Waals surface area contributed by atoms with Crippen molar-refractivity contribution >= 4 is 6.09 Å². The van der Waals surface area contributed by atoms with E-state index in [0.29, 0.717) is 0 Å². The number of hydrogen-bond donors (Lipinski definition) is 1. The molecule has 1 atom stereocenters. The Morgan fingerprint density at radius 2 is 2.05 bits per heavy atom. The summed E-state index contributed by atoms with van der Waals surface area (Å²) in [5.74, 6) is -1.28. The first-order valence-corrected chi connectivity index (χ1v) is 6.07. The second-order valence-electron chi connectivity index (χ2n) is 5.37. The monoisotopic (exact) mass is 307 g/mol. The Hall–Kier alpha value is -1.99. The normalized spacial score (nSPS) is 21.4. The zero-order valence-electron chi connectivity index (χ0n) is 11.3. The summed E-state index contributed by atoms with van der Waals surface area (Å²) in [5, 5.41) is 2.42. The molecule has 116 valence electrons. The predicted octanol–water partition coefficient (Wildman–Crippen LogP) is 3.53. The van der Waals surface area contributed by atoms with Crippen molar-refractivity contribution in [3.8, 4) is 5.75 Å². The number of amides is 1. The number of hydrogen-bond acceptors (Lipinski definition) is 3. The van der Waals surface area contributed by atoms with Gasteiger partial charge in [-0.15, -0.1) is 13.2 Å². The number of carbonyl (C=O) groups is 1. The van der Waals surface area contributed by atoms with E-state index in [0.717, 1.165) is 18.2 Å². The minimum Gasteiger partial charge on any atom is -0.449 e. The highest BCUT2D eigenvalue weighted by Crippen LogP contribution is 2.39. The fourth-order valence-corrected chi connectivity index (χ4v) is 2.13. The van der Waals surface area contributed by atoms with E-state index in [9.17, 15) is 22.4 Å². The molecule has 0 saturated carbocycles. The predicted molar refractivity (Wildman–Crippen MR) is 64.1 cm³/mol. The van der Waals surface area contributed by atoms with Crippen LogP contribution >= 0.6 is 0 Å². The van der Waals surface area contributed by atoms with E-state index in [-0.39, 0.29) is 12.2 Å². The molecular weight excluding hydrogens is 294 g/mol. The number of carbonyl (C=O) groups excluding carboxylic acids is 1. The van der Waals surface area contributed by atoms with Crippen molar-refractivity contribution in [1.29, 1.82) is 0 Å². The lowest BCUT2D eigenvalue weighted by molar-refractivity contribution is -0.274. The summed E-state index contributed by atoms with van der Waals surface area (Å²) in [7, 11) is 0. The molecule has 1 saturated heterocycles. The number of cyclic esters (lactones) is 1. The van der Waals surface area contributed by atoms with E-state index in [1.165, 1.54) is 0 Å². The minimum absolute atomic E-state index is 0.0211. The number of alkyl halides is 3. The van der Waals surface area contributed by atoms with Crippen molar-refractivity contribution in [2.75, 3.05) is 6.61 Å². The lowest BCUT2D eigenvalue weighted by Gasteiger charge is -2.38. The number of ether oxygens (including phenoxy) is 2. The van der Waals surface area contributed by atoms with Crippen LogP contribution in [0.25, 0.3) is 0 Å². The van der Waals surface area contributed by atoms with E-state index in [2.05, 4.69) is 10.1 Å². The van der Waals surface area contributed by atoms with E-state index in [4.69, 9.17) is 4.74 Å². The van der Waals surface area contributed by atoms with Crippen molar-refractivity contribution in [3.05, 3.63) is 29.6 Å². The number of halogens is 4. The first kappa shape index (κ1) is 15.4. The molecular formula is C13H13F4NO3. The van der Waals surface area contributed by atoms with Crippen LogP contribution in [0, 0.1) is 11.2 Å². The van der Waals surface area contributed by atoms with Gasteiger partial charge in [0.05, 0.1) is 6.04 Å². The summed E-state index contributed by atoms with van der Waals surface area (Å²) in [5.41, 5.74) is -0.774. The van der Waals surface area contributed by atoms with Crippen molar-refractivity contribution in [2.45, 2.75) is 26.3 Å². The van der Waals surface area contributed by atoms with Gasteiger partial charge in [0.25, 0.3) is 0 Å². The highest BCUT2D eigenvalue weighted by atomic mass is 19.4. The highest BCUT2D eigenvalue weighted by Gasteiger charge is 2.40. The molecule has 0 unspecified atom stereocenters. The molecule has 2 rings (SSSR count). The van der Waals surface area contributed by atoms with Crippen LogP contribution in [0.2, 0.25) is 0 Å². The zero-order chi connectivity index (χ0) is 15.8. The molecule has 1 heterocycles. The summed E-state index contributed by atoms with van der Waals surface area (Å²) in [4.78, 5) is 11.3. The van der Waals surface area contributed by atoms with E-state index in [1.807, 2.05) is 0 Å². The Kier molecular flexibility index (Phi) is 3.73. The Morgan fingerprint density at radius 1 is 1.38 bits per heavy atom. The molecule has 0 aromatic heterocycles. The molecule has 8 heteroatoms. The fourth-order valence-electron chi connectivity index (χ4n) is 2.13. The molecule has 1 amide bonds. The van der Waals surface area contributed by atoms with Gasteiger partial charge < -0.3 is 14.8 Å². The summed E-state index contributed by atoms with van der Waals surface area (Å²) >= 11 is 0. The van der Waals surface area contributed by atoms with Crippen LogP contribution in [-0.2, 0) is 4.74 Å². The van der Waals surface area contributed by atoms with E-state index < -0.39 is 35.5 Å². The molecule has 4 nitrogen and oxygen atoms in total. The lowest BCUT2D eigenvalue weighted by Crippen LogP contribution is -2.47. The van der Waals surface area contributed by atoms with Gasteiger partial charge in [0.1, 0.15) is 18.2 Å². The van der Waals surface area contributed by atoms with Crippen LogP contribution in [0.1, 0.15) is 25.5 Å². The van der Waals surface area contributed by atoms with Gasteiger partial charge in [0.15, 0.2) is 0 Å². The van der Waals surface area contributed by atoms with Gasteiger partial charge in [-0.05, 0) is 18.2 Å². The third-order valence-corrected chi connectivity index (χ3v) is 3.13. The molecule has 0 radical (unpaired) electrons. The Labute approximate surface area is 118 Å². The van der Waals surface area contributed by atoms with Crippen LogP contribution in [0.4, 0.5) is 22.4 Å². The fraction of sp³-hybridized carbons (Fsp3) is 0.462. The van der Waals surface area contributed by atoms with Crippen molar-refractivity contribution in [2.24, 2.45) is 5.41 Å². The number of nitrogens with one attached hydrogen (secondary N) is 1. The summed E-state index contributed by atoms with van der Waals surface area (Å²) in [6.45, 7) is 3.43. The SMILES string of the molecule is CC1(C)COC(=O)N[C@@H]1c1cc(OC(F)(F)F)ccc1F. The minimum atomic E-state index is -4.87. The third-order valence-electron chi connectivity index (χ3n) is 3.13. The zero-order valence-corrected chi connectivity index (χ0v) is 11.3. The Bertz CT molecular complexity index is 557. The second kappa shape index (κ2) is 5.09. The van der Waals surface area contributed by atoms with Gasteiger partial charge in [-0.3, -0.25) is 0 Å². The van der Waals surface area contributed by atoms with E-state index >= 15 is 0 Å². The standard InChI is InChI=1S/C13H13F4NO3/c1-12(2)6-20-11(19)18-10(12)8-5-7(3-4-9(8)14)21-13(15,16)17/h3-5,10H,6H2,1-2H3,(H,18,19)/t10-/m1/s1. The number of alkyl carbamates (subject to hydrolysis) is 1. The topological polar surface area (TPSA) is 47.6 Å². The maximum absolute atomic E-state index is 13.9. The maximum atomic E-state index is 13.9. The van der Waals surface area contributed by atoms with Gasteiger partial charge in [-0.1, -0.05) is 13.8 Å².